The van der Waals surface area contributed by atoms with E-state index < -0.39 is 5.97 Å². The van der Waals surface area contributed by atoms with Gasteiger partial charge in [0.15, 0.2) is 0 Å². The Hall–Kier alpha value is -0.570. The third-order valence-corrected chi connectivity index (χ3v) is 3.25. The average Bonchev–Trinajstić information content (AvgIpc) is 2.49. The Labute approximate surface area is 72.2 Å². The molecule has 3 nitrogen and oxygen atoms in total. The molecule has 68 valence electrons. The molecule has 2 fully saturated rings. The van der Waals surface area contributed by atoms with Crippen molar-refractivity contribution in [1.82, 2.24) is 5.32 Å². The van der Waals surface area contributed by atoms with E-state index in [1.165, 1.54) is 6.42 Å². The van der Waals surface area contributed by atoms with Crippen molar-refractivity contribution in [3.63, 3.8) is 0 Å². The number of rotatable bonds is 1. The Bertz CT molecular complexity index is 193. The van der Waals surface area contributed by atoms with Crippen LogP contribution >= 0.6 is 0 Å². The Balaban J connectivity index is 1.96. The van der Waals surface area contributed by atoms with Crippen molar-refractivity contribution in [3.05, 3.63) is 0 Å². The number of carbonyl (C=O) groups is 1. The van der Waals surface area contributed by atoms with Gasteiger partial charge in [0, 0.05) is 6.04 Å². The number of nitrogens with one attached hydrogen (secondary N) is 1. The van der Waals surface area contributed by atoms with Crippen molar-refractivity contribution in [2.75, 3.05) is 6.54 Å². The lowest BCUT2D eigenvalue weighted by atomic mass is 9.79. The number of carboxylic acids is 1. The summed E-state index contributed by atoms with van der Waals surface area (Å²) in [4.78, 5) is 10.7. The standard InChI is InChI=1S/C9H15NO2/c11-9(12)7-1-2-8-6(5-7)3-4-10-8/h6-8,10H,1-5H2,(H,11,12). The zero-order valence-corrected chi connectivity index (χ0v) is 7.12. The van der Waals surface area contributed by atoms with E-state index in [2.05, 4.69) is 5.32 Å². The summed E-state index contributed by atoms with van der Waals surface area (Å²) in [6.45, 7) is 1.08. The summed E-state index contributed by atoms with van der Waals surface area (Å²) in [5.41, 5.74) is 0. The summed E-state index contributed by atoms with van der Waals surface area (Å²) >= 11 is 0. The number of aliphatic carboxylic acids is 1. The van der Waals surface area contributed by atoms with Crippen LogP contribution in [0, 0.1) is 11.8 Å². The van der Waals surface area contributed by atoms with Crippen LogP contribution in [0.15, 0.2) is 0 Å². The molecule has 0 amide bonds. The Morgan fingerprint density at radius 2 is 2.17 bits per heavy atom. The van der Waals surface area contributed by atoms with Crippen molar-refractivity contribution < 1.29 is 9.90 Å². The number of fused-ring (bicyclic) bond motifs is 1. The van der Waals surface area contributed by atoms with E-state index in [1.54, 1.807) is 0 Å². The van der Waals surface area contributed by atoms with Crippen LogP contribution < -0.4 is 5.32 Å². The predicted octanol–water partition coefficient (Wildman–Crippen LogP) is 0.849. The summed E-state index contributed by atoms with van der Waals surface area (Å²) in [5.74, 6) is -0.0219. The lowest BCUT2D eigenvalue weighted by molar-refractivity contribution is -0.143. The Morgan fingerprint density at radius 3 is 2.92 bits per heavy atom. The number of hydrogen-bond acceptors (Lipinski definition) is 2. The van der Waals surface area contributed by atoms with Gasteiger partial charge >= 0.3 is 5.97 Å². The number of carboxylic acid groups (broad SMARTS) is 1. The first-order valence-electron chi connectivity index (χ1n) is 4.73. The molecule has 1 saturated carbocycles. The van der Waals surface area contributed by atoms with E-state index in [9.17, 15) is 4.79 Å². The smallest absolute Gasteiger partial charge is 0.306 e. The van der Waals surface area contributed by atoms with Gasteiger partial charge in [0.25, 0.3) is 0 Å². The summed E-state index contributed by atoms with van der Waals surface area (Å²) in [7, 11) is 0. The van der Waals surface area contributed by atoms with Crippen LogP contribution in [0.1, 0.15) is 25.7 Å². The lowest BCUT2D eigenvalue weighted by Gasteiger charge is -2.29. The molecule has 2 N–H and O–H groups in total. The molecule has 2 rings (SSSR count). The summed E-state index contributed by atoms with van der Waals surface area (Å²) in [6.07, 6.45) is 3.99. The quantitative estimate of drug-likeness (QED) is 0.611. The van der Waals surface area contributed by atoms with Gasteiger partial charge in [-0.2, -0.15) is 0 Å². The van der Waals surface area contributed by atoms with Gasteiger partial charge in [-0.25, -0.2) is 0 Å². The molecule has 1 heterocycles. The first-order chi connectivity index (χ1) is 5.77. The molecule has 1 aliphatic carbocycles. The molecular weight excluding hydrogens is 154 g/mol. The van der Waals surface area contributed by atoms with Crippen molar-refractivity contribution in [1.29, 1.82) is 0 Å². The normalized spacial score (nSPS) is 40.8. The largest absolute Gasteiger partial charge is 0.481 e. The molecule has 1 aliphatic heterocycles. The van der Waals surface area contributed by atoms with Gasteiger partial charge in [-0.1, -0.05) is 0 Å². The van der Waals surface area contributed by atoms with Gasteiger partial charge in [-0.05, 0) is 38.1 Å². The van der Waals surface area contributed by atoms with Gasteiger partial charge < -0.3 is 10.4 Å². The molecule has 12 heavy (non-hydrogen) atoms. The molecule has 1 saturated heterocycles. The van der Waals surface area contributed by atoms with Crippen LogP contribution in [-0.4, -0.2) is 23.7 Å². The maximum atomic E-state index is 10.7. The van der Waals surface area contributed by atoms with Gasteiger partial charge in [0.05, 0.1) is 5.92 Å². The zero-order valence-electron chi connectivity index (χ0n) is 7.12. The third-order valence-electron chi connectivity index (χ3n) is 3.25. The van der Waals surface area contributed by atoms with E-state index >= 15 is 0 Å². The zero-order chi connectivity index (χ0) is 8.55. The Kier molecular flexibility index (Phi) is 2.05. The van der Waals surface area contributed by atoms with Gasteiger partial charge in [-0.3, -0.25) is 4.79 Å². The molecule has 0 aromatic rings. The van der Waals surface area contributed by atoms with Crippen LogP contribution in [0.3, 0.4) is 0 Å². The maximum absolute atomic E-state index is 10.7. The molecular formula is C9H15NO2. The first kappa shape index (κ1) is 8.05. The molecule has 3 unspecified atom stereocenters. The molecule has 3 atom stereocenters. The van der Waals surface area contributed by atoms with Crippen LogP contribution in [0.25, 0.3) is 0 Å². The van der Waals surface area contributed by atoms with E-state index in [4.69, 9.17) is 5.11 Å². The Morgan fingerprint density at radius 1 is 1.33 bits per heavy atom. The summed E-state index contributed by atoms with van der Waals surface area (Å²) < 4.78 is 0. The molecule has 0 aromatic carbocycles. The van der Waals surface area contributed by atoms with Gasteiger partial charge in [0.1, 0.15) is 0 Å². The highest BCUT2D eigenvalue weighted by Crippen LogP contribution is 2.34. The predicted molar refractivity (Wildman–Crippen MR) is 44.9 cm³/mol. The summed E-state index contributed by atoms with van der Waals surface area (Å²) in [5, 5.41) is 12.3. The second kappa shape index (κ2) is 3.05. The minimum atomic E-state index is -0.597. The van der Waals surface area contributed by atoms with Crippen molar-refractivity contribution in [3.8, 4) is 0 Å². The second-order valence-electron chi connectivity index (χ2n) is 3.96. The van der Waals surface area contributed by atoms with Crippen LogP contribution in [0.4, 0.5) is 0 Å². The highest BCUT2D eigenvalue weighted by atomic mass is 16.4. The number of hydrogen-bond donors (Lipinski definition) is 2. The third kappa shape index (κ3) is 1.33. The van der Waals surface area contributed by atoms with Crippen LogP contribution in [0.2, 0.25) is 0 Å². The molecule has 0 spiro atoms. The topological polar surface area (TPSA) is 49.3 Å². The minimum absolute atomic E-state index is 0.0638. The van der Waals surface area contributed by atoms with Crippen molar-refractivity contribution >= 4 is 5.97 Å². The maximum Gasteiger partial charge on any atom is 0.306 e. The van der Waals surface area contributed by atoms with E-state index in [-0.39, 0.29) is 5.92 Å². The second-order valence-corrected chi connectivity index (χ2v) is 3.96. The van der Waals surface area contributed by atoms with E-state index in [0.29, 0.717) is 12.0 Å². The van der Waals surface area contributed by atoms with Crippen molar-refractivity contribution in [2.45, 2.75) is 31.7 Å². The van der Waals surface area contributed by atoms with Gasteiger partial charge in [0.2, 0.25) is 0 Å². The molecule has 0 bridgehead atoms. The summed E-state index contributed by atoms with van der Waals surface area (Å²) in [6, 6.07) is 0.626. The molecule has 2 aliphatic rings. The highest BCUT2D eigenvalue weighted by Gasteiger charge is 2.35. The first-order valence-corrected chi connectivity index (χ1v) is 4.73. The highest BCUT2D eigenvalue weighted by molar-refractivity contribution is 5.70. The molecule has 0 radical (unpaired) electrons. The monoisotopic (exact) mass is 169 g/mol. The molecule has 3 heteroatoms. The minimum Gasteiger partial charge on any atom is -0.481 e. The van der Waals surface area contributed by atoms with Crippen molar-refractivity contribution in [2.24, 2.45) is 11.8 Å². The van der Waals surface area contributed by atoms with Crippen LogP contribution in [-0.2, 0) is 4.79 Å². The van der Waals surface area contributed by atoms with Crippen LogP contribution in [0.5, 0.6) is 0 Å². The SMILES string of the molecule is O=C(O)C1CCC2NCCC2C1. The molecule has 0 aromatic heterocycles. The van der Waals surface area contributed by atoms with Gasteiger partial charge in [-0.15, -0.1) is 0 Å². The fraction of sp³-hybridized carbons (Fsp3) is 0.889. The van der Waals surface area contributed by atoms with E-state index in [1.807, 2.05) is 0 Å². The van der Waals surface area contributed by atoms with E-state index in [0.717, 1.165) is 25.8 Å². The average molecular weight is 169 g/mol. The fourth-order valence-electron chi connectivity index (χ4n) is 2.53. The fourth-order valence-corrected chi connectivity index (χ4v) is 2.53. The lowest BCUT2D eigenvalue weighted by Crippen LogP contribution is -2.35.